The van der Waals surface area contributed by atoms with Crippen molar-refractivity contribution in [1.82, 2.24) is 19.9 Å². The summed E-state index contributed by atoms with van der Waals surface area (Å²) in [5, 5.41) is 4.73. The molecule has 1 saturated carbocycles. The van der Waals surface area contributed by atoms with Crippen LogP contribution in [0.5, 0.6) is 0 Å². The van der Waals surface area contributed by atoms with E-state index in [4.69, 9.17) is 4.52 Å². The smallest absolute Gasteiger partial charge is 0.257 e. The minimum Gasteiger partial charge on any atom is -0.336 e. The van der Waals surface area contributed by atoms with Gasteiger partial charge >= 0.3 is 0 Å². The summed E-state index contributed by atoms with van der Waals surface area (Å²) in [6, 6.07) is 1.85. The Morgan fingerprint density at radius 3 is 2.72 bits per heavy atom. The first-order valence-electron chi connectivity index (χ1n) is 9.44. The molecule has 1 aliphatic heterocycles. The van der Waals surface area contributed by atoms with E-state index in [9.17, 15) is 4.79 Å². The maximum absolute atomic E-state index is 12.8. The third-order valence-electron chi connectivity index (χ3n) is 5.66. The molecule has 1 saturated heterocycles. The van der Waals surface area contributed by atoms with Gasteiger partial charge in [-0.2, -0.15) is 0 Å². The van der Waals surface area contributed by atoms with Crippen molar-refractivity contribution in [2.75, 3.05) is 32.7 Å². The maximum Gasteiger partial charge on any atom is 0.257 e. The number of aryl methyl sites for hydroxylation is 1. The molecule has 1 amide bonds. The number of pyridine rings is 1. The second-order valence-corrected chi connectivity index (χ2v) is 7.44. The van der Waals surface area contributed by atoms with Crippen molar-refractivity contribution in [1.29, 1.82) is 0 Å². The molecule has 1 aliphatic carbocycles. The molecule has 0 aromatic carbocycles. The average Bonchev–Trinajstić information content (AvgIpc) is 3.03. The minimum absolute atomic E-state index is 0.0623. The number of amides is 1. The minimum atomic E-state index is 0.0623. The lowest BCUT2D eigenvalue weighted by Crippen LogP contribution is -2.49. The number of rotatable bonds is 3. The highest BCUT2D eigenvalue weighted by Gasteiger charge is 2.25. The summed E-state index contributed by atoms with van der Waals surface area (Å²) in [5.74, 6) is 0.923. The Morgan fingerprint density at radius 1 is 1.20 bits per heavy atom. The van der Waals surface area contributed by atoms with Gasteiger partial charge in [-0.3, -0.25) is 9.69 Å². The molecule has 2 aromatic rings. The number of nitrogens with zero attached hydrogens (tertiary/aromatic N) is 4. The van der Waals surface area contributed by atoms with Gasteiger partial charge in [-0.1, -0.05) is 24.4 Å². The lowest BCUT2D eigenvalue weighted by molar-refractivity contribution is 0.0606. The fourth-order valence-electron chi connectivity index (χ4n) is 4.11. The van der Waals surface area contributed by atoms with Crippen molar-refractivity contribution >= 4 is 17.0 Å². The maximum atomic E-state index is 12.8. The molecule has 0 bridgehead atoms. The van der Waals surface area contributed by atoms with Crippen LogP contribution in [-0.4, -0.2) is 58.6 Å². The predicted molar refractivity (Wildman–Crippen MR) is 95.5 cm³/mol. The standard InChI is InChI=1S/C19H26N4O2/c1-14-17-11-16(12-20-18(17)25-21-14)19(24)23-9-7-22(8-10-23)13-15-5-3-2-4-6-15/h11-12,15H,2-10,13H2,1H3. The summed E-state index contributed by atoms with van der Waals surface area (Å²) >= 11 is 0. The van der Waals surface area contributed by atoms with Crippen molar-refractivity contribution in [3.63, 3.8) is 0 Å². The van der Waals surface area contributed by atoms with Crippen LogP contribution < -0.4 is 0 Å². The third kappa shape index (κ3) is 3.54. The van der Waals surface area contributed by atoms with Crippen LogP contribution in [0.15, 0.2) is 16.8 Å². The number of piperazine rings is 1. The average molecular weight is 342 g/mol. The highest BCUT2D eigenvalue weighted by Crippen LogP contribution is 2.25. The Kier molecular flexibility index (Phi) is 4.70. The van der Waals surface area contributed by atoms with E-state index in [1.54, 1.807) is 6.20 Å². The van der Waals surface area contributed by atoms with Crippen LogP contribution in [0.2, 0.25) is 0 Å². The summed E-state index contributed by atoms with van der Waals surface area (Å²) < 4.78 is 5.12. The molecule has 2 aromatic heterocycles. The van der Waals surface area contributed by atoms with Gasteiger partial charge in [-0.15, -0.1) is 0 Å². The van der Waals surface area contributed by atoms with Crippen LogP contribution in [0.3, 0.4) is 0 Å². The Bertz CT molecular complexity index is 743. The molecule has 0 N–H and O–H groups in total. The molecule has 0 atom stereocenters. The first-order chi connectivity index (χ1) is 12.2. The summed E-state index contributed by atoms with van der Waals surface area (Å²) in [7, 11) is 0. The van der Waals surface area contributed by atoms with E-state index in [0.29, 0.717) is 11.3 Å². The fourth-order valence-corrected chi connectivity index (χ4v) is 4.11. The molecule has 6 heteroatoms. The van der Waals surface area contributed by atoms with Crippen LogP contribution in [0.4, 0.5) is 0 Å². The molecule has 2 fully saturated rings. The Labute approximate surface area is 148 Å². The van der Waals surface area contributed by atoms with Crippen molar-refractivity contribution in [2.24, 2.45) is 5.92 Å². The number of hydrogen-bond acceptors (Lipinski definition) is 5. The van der Waals surface area contributed by atoms with E-state index in [1.807, 2.05) is 17.9 Å². The monoisotopic (exact) mass is 342 g/mol. The molecular formula is C19H26N4O2. The molecule has 3 heterocycles. The lowest BCUT2D eigenvalue weighted by atomic mass is 9.89. The number of aromatic nitrogens is 2. The zero-order valence-electron chi connectivity index (χ0n) is 14.9. The molecule has 0 spiro atoms. The van der Waals surface area contributed by atoms with E-state index in [2.05, 4.69) is 15.0 Å². The first-order valence-corrected chi connectivity index (χ1v) is 9.44. The van der Waals surface area contributed by atoms with Crippen LogP contribution >= 0.6 is 0 Å². The van der Waals surface area contributed by atoms with Crippen LogP contribution in [0.25, 0.3) is 11.1 Å². The van der Waals surface area contributed by atoms with Crippen molar-refractivity contribution in [3.8, 4) is 0 Å². The molecule has 4 rings (SSSR count). The fraction of sp³-hybridized carbons (Fsp3) is 0.632. The molecule has 0 radical (unpaired) electrons. The molecule has 2 aliphatic rings. The van der Waals surface area contributed by atoms with E-state index in [-0.39, 0.29) is 5.91 Å². The topological polar surface area (TPSA) is 62.5 Å². The van der Waals surface area contributed by atoms with Gasteiger partial charge in [0.15, 0.2) is 0 Å². The molecular weight excluding hydrogens is 316 g/mol. The van der Waals surface area contributed by atoms with Crippen LogP contribution in [0, 0.1) is 12.8 Å². The SMILES string of the molecule is Cc1noc2ncc(C(=O)N3CCN(CC4CCCCC4)CC3)cc12. The predicted octanol–water partition coefficient (Wildman–Crippen LogP) is 2.87. The normalized spacial score (nSPS) is 20.3. The molecule has 6 nitrogen and oxygen atoms in total. The molecule has 25 heavy (non-hydrogen) atoms. The van der Waals surface area contributed by atoms with Crippen molar-refractivity contribution in [2.45, 2.75) is 39.0 Å². The number of carbonyl (C=O) groups is 1. The zero-order chi connectivity index (χ0) is 17.2. The quantitative estimate of drug-likeness (QED) is 0.858. The number of carbonyl (C=O) groups excluding carboxylic acids is 1. The number of fused-ring (bicyclic) bond motifs is 1. The van der Waals surface area contributed by atoms with E-state index >= 15 is 0 Å². The highest BCUT2D eigenvalue weighted by molar-refractivity contribution is 5.97. The Balaban J connectivity index is 1.36. The second kappa shape index (κ2) is 7.12. The second-order valence-electron chi connectivity index (χ2n) is 7.44. The summed E-state index contributed by atoms with van der Waals surface area (Å²) in [4.78, 5) is 21.5. The first kappa shape index (κ1) is 16.5. The van der Waals surface area contributed by atoms with Gasteiger partial charge in [-0.25, -0.2) is 4.98 Å². The van der Waals surface area contributed by atoms with E-state index in [1.165, 1.54) is 38.6 Å². The van der Waals surface area contributed by atoms with E-state index < -0.39 is 0 Å². The van der Waals surface area contributed by atoms with Gasteiger partial charge in [0.05, 0.1) is 16.6 Å². The largest absolute Gasteiger partial charge is 0.336 e. The van der Waals surface area contributed by atoms with E-state index in [0.717, 1.165) is 43.2 Å². The van der Waals surface area contributed by atoms with Crippen LogP contribution in [-0.2, 0) is 0 Å². The van der Waals surface area contributed by atoms with Gasteiger partial charge < -0.3 is 9.42 Å². The van der Waals surface area contributed by atoms with Gasteiger partial charge in [-0.05, 0) is 31.7 Å². The van der Waals surface area contributed by atoms with Gasteiger partial charge in [0.25, 0.3) is 11.6 Å². The highest BCUT2D eigenvalue weighted by atomic mass is 16.5. The van der Waals surface area contributed by atoms with Crippen molar-refractivity contribution in [3.05, 3.63) is 23.5 Å². The molecule has 0 unspecified atom stereocenters. The van der Waals surface area contributed by atoms with Gasteiger partial charge in [0, 0.05) is 38.9 Å². The van der Waals surface area contributed by atoms with Gasteiger partial charge in [0.2, 0.25) is 0 Å². The lowest BCUT2D eigenvalue weighted by Gasteiger charge is -2.37. The third-order valence-corrected chi connectivity index (χ3v) is 5.66. The Morgan fingerprint density at radius 2 is 1.96 bits per heavy atom. The van der Waals surface area contributed by atoms with Gasteiger partial charge in [0.1, 0.15) is 0 Å². The zero-order valence-corrected chi connectivity index (χ0v) is 14.9. The summed E-state index contributed by atoms with van der Waals surface area (Å²) in [5.41, 5.74) is 1.89. The number of hydrogen-bond donors (Lipinski definition) is 0. The van der Waals surface area contributed by atoms with Crippen molar-refractivity contribution < 1.29 is 9.32 Å². The molecule has 134 valence electrons. The summed E-state index contributed by atoms with van der Waals surface area (Å²) in [6.07, 6.45) is 8.54. The summed E-state index contributed by atoms with van der Waals surface area (Å²) in [6.45, 7) is 6.62. The van der Waals surface area contributed by atoms with Crippen LogP contribution in [0.1, 0.15) is 48.2 Å². The Hall–Kier alpha value is -1.95.